The summed E-state index contributed by atoms with van der Waals surface area (Å²) in [6.45, 7) is 11.7. The highest BCUT2D eigenvalue weighted by atomic mass is 16.6. The van der Waals surface area contributed by atoms with Crippen molar-refractivity contribution in [2.24, 2.45) is 0 Å². The van der Waals surface area contributed by atoms with Gasteiger partial charge in [-0.2, -0.15) is 4.80 Å². The van der Waals surface area contributed by atoms with Crippen molar-refractivity contribution in [3.8, 4) is 5.69 Å². The number of nitrogens with zero attached hydrogens (tertiary/aromatic N) is 5. The molecule has 0 aliphatic heterocycles. The van der Waals surface area contributed by atoms with Gasteiger partial charge in [0.25, 0.3) is 11.6 Å². The molecule has 4 aromatic rings. The van der Waals surface area contributed by atoms with Crippen molar-refractivity contribution in [3.63, 3.8) is 0 Å². The molecule has 0 bridgehead atoms. The second-order valence-corrected chi connectivity index (χ2v) is 8.50. The zero-order chi connectivity index (χ0) is 25.3. The molecule has 3 aromatic carbocycles. The van der Waals surface area contributed by atoms with E-state index in [4.69, 9.17) is 0 Å². The predicted octanol–water partition coefficient (Wildman–Crippen LogP) is 5.35. The van der Waals surface area contributed by atoms with E-state index < -0.39 is 10.8 Å². The second kappa shape index (κ2) is 9.54. The van der Waals surface area contributed by atoms with Crippen LogP contribution in [0.25, 0.3) is 16.7 Å². The van der Waals surface area contributed by atoms with Gasteiger partial charge < -0.3 is 10.2 Å². The third kappa shape index (κ3) is 4.70. The van der Waals surface area contributed by atoms with Crippen molar-refractivity contribution < 1.29 is 9.72 Å². The number of aromatic nitrogens is 3. The van der Waals surface area contributed by atoms with Gasteiger partial charge in [-0.3, -0.25) is 14.9 Å². The maximum Gasteiger partial charge on any atom is 0.273 e. The Kier molecular flexibility index (Phi) is 6.50. The Morgan fingerprint density at radius 1 is 0.943 bits per heavy atom. The standard InChI is InChI=1S/C26H28N6O3/c1-6-30(7-2)20-10-11-24(18(5)12-20)31-28-22-13-17(4)21(15-23(22)29-31)27-26(33)19-9-8-16(3)25(14-19)32(34)35/h8-15H,6-7H2,1-5H3,(H,27,33). The van der Waals surface area contributed by atoms with Crippen LogP contribution in [0.5, 0.6) is 0 Å². The van der Waals surface area contributed by atoms with Crippen molar-refractivity contribution in [3.05, 3.63) is 80.9 Å². The first-order valence-electron chi connectivity index (χ1n) is 11.5. The highest BCUT2D eigenvalue weighted by molar-refractivity contribution is 6.05. The van der Waals surface area contributed by atoms with Crippen molar-refractivity contribution in [2.45, 2.75) is 34.6 Å². The molecule has 0 aliphatic carbocycles. The number of amides is 1. The Morgan fingerprint density at radius 2 is 1.63 bits per heavy atom. The minimum atomic E-state index is -0.488. The lowest BCUT2D eigenvalue weighted by molar-refractivity contribution is -0.385. The number of fused-ring (bicyclic) bond motifs is 1. The summed E-state index contributed by atoms with van der Waals surface area (Å²) < 4.78 is 0. The van der Waals surface area contributed by atoms with E-state index >= 15 is 0 Å². The van der Waals surface area contributed by atoms with E-state index in [1.54, 1.807) is 29.9 Å². The lowest BCUT2D eigenvalue weighted by atomic mass is 10.1. The SMILES string of the molecule is CCN(CC)c1ccc(-n2nc3cc(C)c(NC(=O)c4ccc(C)c([N+](=O)[O-])c4)cc3n2)c(C)c1. The number of nitro benzene ring substituents is 1. The van der Waals surface area contributed by atoms with E-state index in [1.165, 1.54) is 6.07 Å². The molecule has 0 fully saturated rings. The van der Waals surface area contributed by atoms with Crippen LogP contribution in [0, 0.1) is 30.9 Å². The molecule has 35 heavy (non-hydrogen) atoms. The third-order valence-corrected chi connectivity index (χ3v) is 6.17. The number of benzene rings is 3. The Hall–Kier alpha value is -4.27. The monoisotopic (exact) mass is 472 g/mol. The van der Waals surface area contributed by atoms with Crippen molar-refractivity contribution in [1.29, 1.82) is 0 Å². The molecule has 0 unspecified atom stereocenters. The molecular weight excluding hydrogens is 444 g/mol. The Morgan fingerprint density at radius 3 is 2.26 bits per heavy atom. The molecule has 0 spiro atoms. The molecule has 180 valence electrons. The number of nitro groups is 1. The molecule has 0 saturated carbocycles. The Balaban J connectivity index is 1.64. The summed E-state index contributed by atoms with van der Waals surface area (Å²) in [5.74, 6) is -0.425. The maximum absolute atomic E-state index is 12.8. The molecule has 1 amide bonds. The van der Waals surface area contributed by atoms with Gasteiger partial charge >= 0.3 is 0 Å². The highest BCUT2D eigenvalue weighted by Gasteiger charge is 2.17. The molecule has 1 N–H and O–H groups in total. The molecule has 0 saturated heterocycles. The molecule has 9 heteroatoms. The van der Waals surface area contributed by atoms with Crippen LogP contribution < -0.4 is 10.2 Å². The van der Waals surface area contributed by atoms with E-state index in [0.717, 1.165) is 35.6 Å². The van der Waals surface area contributed by atoms with Gasteiger partial charge in [0.1, 0.15) is 11.0 Å². The van der Waals surface area contributed by atoms with Crippen LogP contribution in [0.2, 0.25) is 0 Å². The number of carbonyl (C=O) groups is 1. The van der Waals surface area contributed by atoms with Gasteiger partial charge in [-0.05, 0) is 82.1 Å². The molecule has 0 radical (unpaired) electrons. The number of hydrogen-bond acceptors (Lipinski definition) is 6. The largest absolute Gasteiger partial charge is 0.372 e. The minimum Gasteiger partial charge on any atom is -0.372 e. The first kappa shape index (κ1) is 23.9. The van der Waals surface area contributed by atoms with Crippen LogP contribution in [0.3, 0.4) is 0 Å². The average molecular weight is 473 g/mol. The van der Waals surface area contributed by atoms with Gasteiger partial charge in [-0.15, -0.1) is 10.2 Å². The molecule has 0 atom stereocenters. The number of rotatable bonds is 7. The minimum absolute atomic E-state index is 0.0878. The third-order valence-electron chi connectivity index (χ3n) is 6.17. The predicted molar refractivity (Wildman–Crippen MR) is 138 cm³/mol. The van der Waals surface area contributed by atoms with Crippen LogP contribution in [-0.4, -0.2) is 38.9 Å². The van der Waals surface area contributed by atoms with E-state index in [2.05, 4.69) is 46.4 Å². The number of anilines is 2. The zero-order valence-corrected chi connectivity index (χ0v) is 20.5. The molecule has 0 aliphatic rings. The summed E-state index contributed by atoms with van der Waals surface area (Å²) in [4.78, 5) is 27.5. The van der Waals surface area contributed by atoms with Crippen molar-refractivity contribution in [1.82, 2.24) is 15.0 Å². The average Bonchev–Trinajstić information content (AvgIpc) is 3.22. The van der Waals surface area contributed by atoms with Crippen LogP contribution in [-0.2, 0) is 0 Å². The van der Waals surface area contributed by atoms with Crippen LogP contribution in [0.4, 0.5) is 17.1 Å². The second-order valence-electron chi connectivity index (χ2n) is 8.50. The van der Waals surface area contributed by atoms with Gasteiger partial charge in [0.15, 0.2) is 0 Å². The number of hydrogen-bond donors (Lipinski definition) is 1. The van der Waals surface area contributed by atoms with Gasteiger partial charge in [0.05, 0.1) is 10.6 Å². The smallest absolute Gasteiger partial charge is 0.273 e. The van der Waals surface area contributed by atoms with Crippen LogP contribution in [0.1, 0.15) is 40.9 Å². The summed E-state index contributed by atoms with van der Waals surface area (Å²) in [6, 6.07) is 14.3. The summed E-state index contributed by atoms with van der Waals surface area (Å²) in [7, 11) is 0. The van der Waals surface area contributed by atoms with Crippen molar-refractivity contribution in [2.75, 3.05) is 23.3 Å². The van der Waals surface area contributed by atoms with E-state index in [9.17, 15) is 14.9 Å². The number of nitrogens with one attached hydrogen (secondary N) is 1. The van der Waals surface area contributed by atoms with E-state index in [0.29, 0.717) is 22.3 Å². The fourth-order valence-corrected chi connectivity index (χ4v) is 4.10. The number of aryl methyl sites for hydroxylation is 3. The summed E-state index contributed by atoms with van der Waals surface area (Å²) in [5.41, 5.74) is 6.45. The molecule has 9 nitrogen and oxygen atoms in total. The van der Waals surface area contributed by atoms with Gasteiger partial charge in [0, 0.05) is 41.7 Å². The van der Waals surface area contributed by atoms with Gasteiger partial charge in [-0.25, -0.2) is 0 Å². The lowest BCUT2D eigenvalue weighted by Gasteiger charge is -2.22. The summed E-state index contributed by atoms with van der Waals surface area (Å²) >= 11 is 0. The fraction of sp³-hybridized carbons (Fsp3) is 0.269. The topological polar surface area (TPSA) is 106 Å². The first-order chi connectivity index (χ1) is 16.7. The summed E-state index contributed by atoms with van der Waals surface area (Å²) in [5, 5.41) is 23.4. The summed E-state index contributed by atoms with van der Waals surface area (Å²) in [6.07, 6.45) is 0. The number of carbonyl (C=O) groups excluding carboxylic acids is 1. The fourth-order valence-electron chi connectivity index (χ4n) is 4.10. The van der Waals surface area contributed by atoms with Crippen molar-refractivity contribution >= 4 is 34.0 Å². The maximum atomic E-state index is 12.8. The quantitative estimate of drug-likeness (QED) is 0.287. The normalized spacial score (nSPS) is 11.0. The van der Waals surface area contributed by atoms with Crippen LogP contribution >= 0.6 is 0 Å². The molecule has 4 rings (SSSR count). The highest BCUT2D eigenvalue weighted by Crippen LogP contribution is 2.26. The Labute approximate surface area is 203 Å². The zero-order valence-electron chi connectivity index (χ0n) is 20.5. The lowest BCUT2D eigenvalue weighted by Crippen LogP contribution is -2.21. The molecule has 1 aromatic heterocycles. The van der Waals surface area contributed by atoms with Crippen LogP contribution in [0.15, 0.2) is 48.5 Å². The molecule has 1 heterocycles. The van der Waals surface area contributed by atoms with E-state index in [1.807, 2.05) is 26.0 Å². The van der Waals surface area contributed by atoms with Gasteiger partial charge in [-0.1, -0.05) is 6.07 Å². The molecular formula is C26H28N6O3. The Bertz CT molecular complexity index is 1440. The van der Waals surface area contributed by atoms with E-state index in [-0.39, 0.29) is 11.3 Å². The first-order valence-corrected chi connectivity index (χ1v) is 11.5. The van der Waals surface area contributed by atoms with Gasteiger partial charge in [0.2, 0.25) is 0 Å².